The van der Waals surface area contributed by atoms with Crippen LogP contribution in [0, 0.1) is 5.82 Å². The van der Waals surface area contributed by atoms with Crippen LogP contribution in [0.5, 0.6) is 0 Å². The molecule has 0 saturated carbocycles. The number of hydrogen-bond acceptors (Lipinski definition) is 3. The molecule has 0 aromatic heterocycles. The smallest absolute Gasteiger partial charge is 0.127 e. The standard InChI is InChI=1S/C13H19FN2O/c14-13-9-11(3-4-15)1-2-12(13)10-16-5-7-17-8-6-16/h1-2,9H,3-8,10,15H2. The lowest BCUT2D eigenvalue weighted by Gasteiger charge is -2.26. The molecule has 1 fully saturated rings. The second kappa shape index (κ2) is 6.10. The molecule has 4 heteroatoms. The van der Waals surface area contributed by atoms with Gasteiger partial charge in [-0.2, -0.15) is 0 Å². The molecule has 94 valence electrons. The molecule has 1 aliphatic heterocycles. The SMILES string of the molecule is NCCc1ccc(CN2CCOCC2)c(F)c1. The van der Waals surface area contributed by atoms with E-state index < -0.39 is 0 Å². The summed E-state index contributed by atoms with van der Waals surface area (Å²) in [5, 5.41) is 0. The fourth-order valence-electron chi connectivity index (χ4n) is 2.04. The Labute approximate surface area is 101 Å². The van der Waals surface area contributed by atoms with Gasteiger partial charge in [-0.25, -0.2) is 4.39 Å². The molecule has 0 unspecified atom stereocenters. The van der Waals surface area contributed by atoms with Crippen molar-refractivity contribution in [1.29, 1.82) is 0 Å². The first-order valence-electron chi connectivity index (χ1n) is 6.07. The minimum atomic E-state index is -0.123. The van der Waals surface area contributed by atoms with E-state index in [0.717, 1.165) is 43.9 Å². The Morgan fingerprint density at radius 3 is 2.71 bits per heavy atom. The molecule has 0 aliphatic carbocycles. The highest BCUT2D eigenvalue weighted by atomic mass is 19.1. The number of hydrogen-bond donors (Lipinski definition) is 1. The Kier molecular flexibility index (Phi) is 4.48. The molecule has 1 aromatic rings. The van der Waals surface area contributed by atoms with Crippen molar-refractivity contribution >= 4 is 0 Å². The van der Waals surface area contributed by atoms with Gasteiger partial charge in [0.2, 0.25) is 0 Å². The normalized spacial score (nSPS) is 17.3. The summed E-state index contributed by atoms with van der Waals surface area (Å²) < 4.78 is 19.1. The van der Waals surface area contributed by atoms with Crippen molar-refractivity contribution in [2.75, 3.05) is 32.8 Å². The van der Waals surface area contributed by atoms with E-state index in [4.69, 9.17) is 10.5 Å². The molecule has 1 aliphatic rings. The van der Waals surface area contributed by atoms with E-state index in [1.165, 1.54) is 0 Å². The topological polar surface area (TPSA) is 38.5 Å². The van der Waals surface area contributed by atoms with Crippen LogP contribution in [0.3, 0.4) is 0 Å². The third-order valence-electron chi connectivity index (χ3n) is 3.05. The van der Waals surface area contributed by atoms with Gasteiger partial charge in [0.1, 0.15) is 5.82 Å². The molecule has 2 rings (SSSR count). The van der Waals surface area contributed by atoms with Gasteiger partial charge in [-0.3, -0.25) is 4.90 Å². The minimum Gasteiger partial charge on any atom is -0.379 e. The summed E-state index contributed by atoms with van der Waals surface area (Å²) in [6, 6.07) is 5.43. The molecule has 0 atom stereocenters. The molecular weight excluding hydrogens is 219 g/mol. The molecule has 3 nitrogen and oxygen atoms in total. The van der Waals surface area contributed by atoms with E-state index in [-0.39, 0.29) is 5.82 Å². The average molecular weight is 238 g/mol. The van der Waals surface area contributed by atoms with Gasteiger partial charge in [0, 0.05) is 25.2 Å². The maximum absolute atomic E-state index is 13.8. The molecule has 1 heterocycles. The lowest BCUT2D eigenvalue weighted by molar-refractivity contribution is 0.0337. The average Bonchev–Trinajstić information content (AvgIpc) is 2.34. The molecule has 1 aromatic carbocycles. The second-order valence-electron chi connectivity index (χ2n) is 4.35. The molecule has 0 spiro atoms. The number of halogens is 1. The molecule has 17 heavy (non-hydrogen) atoms. The summed E-state index contributed by atoms with van der Waals surface area (Å²) in [7, 11) is 0. The molecule has 0 bridgehead atoms. The Morgan fingerprint density at radius 2 is 2.06 bits per heavy atom. The predicted molar refractivity (Wildman–Crippen MR) is 65.3 cm³/mol. The molecular formula is C13H19FN2O. The van der Waals surface area contributed by atoms with Crippen LogP contribution in [-0.4, -0.2) is 37.7 Å². The highest BCUT2D eigenvalue weighted by Crippen LogP contribution is 2.14. The van der Waals surface area contributed by atoms with Crippen LogP contribution < -0.4 is 5.73 Å². The van der Waals surface area contributed by atoms with E-state index in [2.05, 4.69) is 4.90 Å². The van der Waals surface area contributed by atoms with Crippen LogP contribution >= 0.6 is 0 Å². The van der Waals surface area contributed by atoms with Crippen molar-refractivity contribution in [3.63, 3.8) is 0 Å². The maximum atomic E-state index is 13.8. The van der Waals surface area contributed by atoms with E-state index in [1.54, 1.807) is 6.07 Å². The van der Waals surface area contributed by atoms with Gasteiger partial charge < -0.3 is 10.5 Å². The van der Waals surface area contributed by atoms with Gasteiger partial charge in [0.15, 0.2) is 0 Å². The summed E-state index contributed by atoms with van der Waals surface area (Å²) >= 11 is 0. The maximum Gasteiger partial charge on any atom is 0.127 e. The lowest BCUT2D eigenvalue weighted by atomic mass is 10.1. The highest BCUT2D eigenvalue weighted by molar-refractivity contribution is 5.24. The Bertz CT molecular complexity index is 364. The van der Waals surface area contributed by atoms with Gasteiger partial charge in [0.25, 0.3) is 0 Å². The Balaban J connectivity index is 2.00. The van der Waals surface area contributed by atoms with Crippen molar-refractivity contribution in [2.24, 2.45) is 5.73 Å². The molecule has 2 N–H and O–H groups in total. The van der Waals surface area contributed by atoms with Gasteiger partial charge >= 0.3 is 0 Å². The van der Waals surface area contributed by atoms with E-state index >= 15 is 0 Å². The first-order chi connectivity index (χ1) is 8.29. The van der Waals surface area contributed by atoms with Crippen LogP contribution in [0.15, 0.2) is 18.2 Å². The zero-order valence-electron chi connectivity index (χ0n) is 9.99. The van der Waals surface area contributed by atoms with Crippen molar-refractivity contribution in [2.45, 2.75) is 13.0 Å². The van der Waals surface area contributed by atoms with Crippen molar-refractivity contribution in [1.82, 2.24) is 4.90 Å². The first kappa shape index (κ1) is 12.5. The minimum absolute atomic E-state index is 0.123. The summed E-state index contributed by atoms with van der Waals surface area (Å²) in [5.74, 6) is -0.123. The fourth-order valence-corrected chi connectivity index (χ4v) is 2.04. The number of nitrogens with zero attached hydrogens (tertiary/aromatic N) is 1. The van der Waals surface area contributed by atoms with Crippen LogP contribution in [0.2, 0.25) is 0 Å². The van der Waals surface area contributed by atoms with Crippen LogP contribution in [0.25, 0.3) is 0 Å². The third kappa shape index (κ3) is 3.49. The zero-order chi connectivity index (χ0) is 12.1. The van der Waals surface area contributed by atoms with Crippen molar-refractivity contribution < 1.29 is 9.13 Å². The summed E-state index contributed by atoms with van der Waals surface area (Å²) in [5.41, 5.74) is 7.18. The fraction of sp³-hybridized carbons (Fsp3) is 0.538. The number of nitrogens with two attached hydrogens (primary N) is 1. The van der Waals surface area contributed by atoms with Gasteiger partial charge in [0.05, 0.1) is 13.2 Å². The quantitative estimate of drug-likeness (QED) is 0.855. The number of morpholine rings is 1. The van der Waals surface area contributed by atoms with E-state index in [1.807, 2.05) is 12.1 Å². The molecule has 0 amide bonds. The summed E-state index contributed by atoms with van der Waals surface area (Å²) in [4.78, 5) is 2.21. The highest BCUT2D eigenvalue weighted by Gasteiger charge is 2.13. The monoisotopic (exact) mass is 238 g/mol. The van der Waals surface area contributed by atoms with Crippen LogP contribution in [-0.2, 0) is 17.7 Å². The molecule has 1 saturated heterocycles. The largest absolute Gasteiger partial charge is 0.379 e. The predicted octanol–water partition coefficient (Wildman–Crippen LogP) is 1.16. The van der Waals surface area contributed by atoms with E-state index in [9.17, 15) is 4.39 Å². The van der Waals surface area contributed by atoms with Crippen LogP contribution in [0.4, 0.5) is 4.39 Å². The summed E-state index contributed by atoms with van der Waals surface area (Å²) in [6.07, 6.45) is 0.731. The Morgan fingerprint density at radius 1 is 1.29 bits per heavy atom. The Hall–Kier alpha value is -0.970. The molecule has 0 radical (unpaired) electrons. The van der Waals surface area contributed by atoms with Crippen molar-refractivity contribution in [3.05, 3.63) is 35.1 Å². The number of ether oxygens (including phenoxy) is 1. The number of rotatable bonds is 4. The van der Waals surface area contributed by atoms with Gasteiger partial charge in [-0.1, -0.05) is 12.1 Å². The third-order valence-corrected chi connectivity index (χ3v) is 3.05. The lowest BCUT2D eigenvalue weighted by Crippen LogP contribution is -2.35. The van der Waals surface area contributed by atoms with E-state index in [0.29, 0.717) is 13.1 Å². The summed E-state index contributed by atoms with van der Waals surface area (Å²) in [6.45, 7) is 4.47. The van der Waals surface area contributed by atoms with Crippen molar-refractivity contribution in [3.8, 4) is 0 Å². The van der Waals surface area contributed by atoms with Gasteiger partial charge in [-0.05, 0) is 24.6 Å². The first-order valence-corrected chi connectivity index (χ1v) is 6.07. The van der Waals surface area contributed by atoms with Crippen LogP contribution in [0.1, 0.15) is 11.1 Å². The second-order valence-corrected chi connectivity index (χ2v) is 4.35. The number of benzene rings is 1. The van der Waals surface area contributed by atoms with Gasteiger partial charge in [-0.15, -0.1) is 0 Å². The zero-order valence-corrected chi connectivity index (χ0v) is 9.99.